The molecule has 0 fully saturated rings. The van der Waals surface area contributed by atoms with Crippen molar-refractivity contribution in [2.24, 2.45) is 0 Å². The van der Waals surface area contributed by atoms with Crippen molar-refractivity contribution in [1.29, 1.82) is 0 Å². The quantitative estimate of drug-likeness (QED) is 0.653. The second kappa shape index (κ2) is 6.20. The minimum atomic E-state index is 1.15. The van der Waals surface area contributed by atoms with Gasteiger partial charge in [0.15, 0.2) is 0 Å². The molecular weight excluding hydrogens is 168 g/mol. The molecule has 0 aliphatic rings. The average Bonchev–Trinajstić information content (AvgIpc) is 2.17. The number of hydrogen-bond acceptors (Lipinski definition) is 0. The minimum Gasteiger partial charge on any atom is -0.0651 e. The highest BCUT2D eigenvalue weighted by Crippen LogP contribution is 2.02. The van der Waals surface area contributed by atoms with E-state index < -0.39 is 0 Å². The summed E-state index contributed by atoms with van der Waals surface area (Å²) in [5.41, 5.74) is 2.71. The average molecular weight is 186 g/mol. The van der Waals surface area contributed by atoms with Gasteiger partial charge in [0.2, 0.25) is 0 Å². The molecule has 0 N–H and O–H groups in total. The normalized spacial score (nSPS) is 9.29. The molecule has 0 atom stereocenters. The Morgan fingerprint density at radius 3 is 2.29 bits per heavy atom. The van der Waals surface area contributed by atoms with E-state index in [1.54, 1.807) is 0 Å². The van der Waals surface area contributed by atoms with Crippen molar-refractivity contribution in [2.45, 2.75) is 26.7 Å². The van der Waals surface area contributed by atoms with Crippen LogP contribution >= 0.6 is 0 Å². The molecule has 0 aromatic heterocycles. The Balaban J connectivity index is 3.12. The van der Waals surface area contributed by atoms with Crippen LogP contribution in [0.5, 0.6) is 0 Å². The zero-order valence-electron chi connectivity index (χ0n) is 9.03. The van der Waals surface area contributed by atoms with Gasteiger partial charge in [-0.1, -0.05) is 67.4 Å². The molecule has 0 amide bonds. The Morgan fingerprint density at radius 1 is 0.929 bits per heavy atom. The summed E-state index contributed by atoms with van der Waals surface area (Å²) < 4.78 is 0. The van der Waals surface area contributed by atoms with Crippen LogP contribution in [-0.2, 0) is 6.42 Å². The van der Waals surface area contributed by atoms with E-state index in [9.17, 15) is 0 Å². The van der Waals surface area contributed by atoms with Crippen molar-refractivity contribution in [1.82, 2.24) is 0 Å². The van der Waals surface area contributed by atoms with E-state index in [0.29, 0.717) is 0 Å². The molecule has 0 aliphatic heterocycles. The number of rotatable bonds is 2. The molecule has 0 aliphatic carbocycles. The van der Waals surface area contributed by atoms with Crippen LogP contribution in [-0.4, -0.2) is 0 Å². The van der Waals surface area contributed by atoms with E-state index in [1.807, 2.05) is 6.07 Å². The smallest absolute Gasteiger partial charge is 0.0281 e. The Hall–Kier alpha value is -1.30. The highest BCUT2D eigenvalue weighted by Gasteiger charge is 1.86. The molecule has 1 aromatic rings. The Morgan fingerprint density at radius 2 is 1.57 bits per heavy atom. The van der Waals surface area contributed by atoms with Gasteiger partial charge in [0.1, 0.15) is 0 Å². The third-order valence-electron chi connectivity index (χ3n) is 2.07. The van der Waals surface area contributed by atoms with Gasteiger partial charge in [-0.3, -0.25) is 0 Å². The predicted octanol–water partition coefficient (Wildman–Crippen LogP) is 4.07. The van der Waals surface area contributed by atoms with E-state index in [1.165, 1.54) is 17.5 Å². The van der Waals surface area contributed by atoms with Gasteiger partial charge in [0.25, 0.3) is 0 Å². The summed E-state index contributed by atoms with van der Waals surface area (Å²) in [6, 6.07) is 16.9. The van der Waals surface area contributed by atoms with Crippen LogP contribution in [0.4, 0.5) is 0 Å². The molecule has 0 heteroatoms. The first kappa shape index (κ1) is 10.8. The molecule has 0 heterocycles. The third-order valence-corrected chi connectivity index (χ3v) is 2.07. The first-order valence-corrected chi connectivity index (χ1v) is 5.22. The van der Waals surface area contributed by atoms with Crippen molar-refractivity contribution in [3.63, 3.8) is 0 Å². The lowest BCUT2D eigenvalue weighted by atomic mass is 10.1. The molecule has 14 heavy (non-hydrogen) atoms. The van der Waals surface area contributed by atoms with Crippen LogP contribution in [0.1, 0.15) is 24.5 Å². The van der Waals surface area contributed by atoms with Crippen molar-refractivity contribution < 1.29 is 0 Å². The van der Waals surface area contributed by atoms with Crippen molar-refractivity contribution in [3.05, 3.63) is 59.7 Å². The predicted molar refractivity (Wildman–Crippen MR) is 62.8 cm³/mol. The van der Waals surface area contributed by atoms with Gasteiger partial charge in [-0.2, -0.15) is 0 Å². The maximum atomic E-state index is 2.25. The fourth-order valence-electron chi connectivity index (χ4n) is 1.41. The summed E-state index contributed by atoms with van der Waals surface area (Å²) in [7, 11) is 0. The van der Waals surface area contributed by atoms with E-state index in [-0.39, 0.29) is 0 Å². The van der Waals surface area contributed by atoms with Crippen LogP contribution in [0.3, 0.4) is 0 Å². The zero-order chi connectivity index (χ0) is 10.2. The monoisotopic (exact) mass is 186 g/mol. The topological polar surface area (TPSA) is 0 Å². The van der Waals surface area contributed by atoms with Crippen LogP contribution in [0.25, 0.3) is 0 Å². The SMILES string of the molecule is CCCc1cccccccc(C)c1. The maximum absolute atomic E-state index is 2.25. The third kappa shape index (κ3) is 4.08. The summed E-state index contributed by atoms with van der Waals surface area (Å²) >= 11 is 0. The standard InChI is InChI=1S/C14H18/c1-3-9-14-11-8-6-4-5-7-10-13(2)12-14/h4-8,10-12H,3,9H2,1-2H3. The van der Waals surface area contributed by atoms with E-state index in [4.69, 9.17) is 0 Å². The van der Waals surface area contributed by atoms with Crippen LogP contribution in [0.2, 0.25) is 0 Å². The van der Waals surface area contributed by atoms with Gasteiger partial charge in [-0.05, 0) is 18.9 Å². The molecule has 0 nitrogen and oxygen atoms in total. The van der Waals surface area contributed by atoms with Gasteiger partial charge in [0, 0.05) is 0 Å². The zero-order valence-corrected chi connectivity index (χ0v) is 9.03. The molecule has 0 saturated carbocycles. The molecule has 74 valence electrons. The summed E-state index contributed by atoms with van der Waals surface area (Å²) in [6.45, 7) is 4.35. The van der Waals surface area contributed by atoms with Gasteiger partial charge >= 0.3 is 0 Å². The molecule has 0 bridgehead atoms. The van der Waals surface area contributed by atoms with Crippen LogP contribution in [0.15, 0.2) is 48.5 Å². The van der Waals surface area contributed by atoms with Crippen molar-refractivity contribution >= 4 is 0 Å². The summed E-state index contributed by atoms with van der Waals surface area (Å²) in [4.78, 5) is 0. The van der Waals surface area contributed by atoms with Gasteiger partial charge < -0.3 is 0 Å². The Bertz CT molecular complexity index is 325. The van der Waals surface area contributed by atoms with E-state index in [2.05, 4.69) is 56.3 Å². The molecule has 0 spiro atoms. The molecule has 0 unspecified atom stereocenters. The summed E-state index contributed by atoms with van der Waals surface area (Å²) in [5, 5.41) is 0. The lowest BCUT2D eigenvalue weighted by molar-refractivity contribution is 0.922. The lowest BCUT2D eigenvalue weighted by Crippen LogP contribution is -1.80. The van der Waals surface area contributed by atoms with Gasteiger partial charge in [-0.25, -0.2) is 0 Å². The molecule has 0 saturated heterocycles. The van der Waals surface area contributed by atoms with Crippen molar-refractivity contribution in [2.75, 3.05) is 0 Å². The number of hydrogen-bond donors (Lipinski definition) is 0. The number of aryl methyl sites for hydroxylation is 2. The highest BCUT2D eigenvalue weighted by molar-refractivity contribution is 5.18. The first-order chi connectivity index (χ1) is 6.83. The molecular formula is C14H18. The Kier molecular flexibility index (Phi) is 4.77. The fourth-order valence-corrected chi connectivity index (χ4v) is 1.41. The first-order valence-electron chi connectivity index (χ1n) is 5.22. The molecule has 0 radical (unpaired) electrons. The van der Waals surface area contributed by atoms with E-state index >= 15 is 0 Å². The van der Waals surface area contributed by atoms with E-state index in [0.717, 1.165) is 6.42 Å². The van der Waals surface area contributed by atoms with Gasteiger partial charge in [-0.15, -0.1) is 0 Å². The summed E-state index contributed by atoms with van der Waals surface area (Å²) in [6.07, 6.45) is 2.35. The van der Waals surface area contributed by atoms with Crippen molar-refractivity contribution in [3.8, 4) is 0 Å². The maximum Gasteiger partial charge on any atom is -0.0281 e. The van der Waals surface area contributed by atoms with Crippen LogP contribution < -0.4 is 0 Å². The summed E-state index contributed by atoms with van der Waals surface area (Å²) in [5.74, 6) is 0. The minimum absolute atomic E-state index is 1.15. The fraction of sp³-hybridized carbons (Fsp3) is 0.286. The molecule has 1 aromatic carbocycles. The largest absolute Gasteiger partial charge is 0.0651 e. The highest BCUT2D eigenvalue weighted by atomic mass is 13.9. The van der Waals surface area contributed by atoms with Gasteiger partial charge in [0.05, 0.1) is 0 Å². The second-order valence-corrected chi connectivity index (χ2v) is 3.51. The second-order valence-electron chi connectivity index (χ2n) is 3.51. The Labute approximate surface area is 86.9 Å². The molecule has 1 rings (SSSR count). The van der Waals surface area contributed by atoms with Crippen LogP contribution in [0, 0.1) is 6.92 Å². The lowest BCUT2D eigenvalue weighted by Gasteiger charge is -1.95.